The van der Waals surface area contributed by atoms with E-state index < -0.39 is 12.1 Å². The van der Waals surface area contributed by atoms with Crippen molar-refractivity contribution in [1.29, 1.82) is 0 Å². The first kappa shape index (κ1) is 17.9. The van der Waals surface area contributed by atoms with Crippen LogP contribution in [-0.4, -0.2) is 29.0 Å². The monoisotopic (exact) mass is 378 g/mol. The number of carbonyl (C=O) groups excluding carboxylic acids is 2. The number of aromatic nitrogens is 1. The van der Waals surface area contributed by atoms with Gasteiger partial charge in [-0.05, 0) is 31.9 Å². The predicted molar refractivity (Wildman–Crippen MR) is 97.8 cm³/mol. The van der Waals surface area contributed by atoms with Crippen molar-refractivity contribution in [3.8, 4) is 10.6 Å². The fourth-order valence-corrected chi connectivity index (χ4v) is 3.76. The van der Waals surface area contributed by atoms with Crippen molar-refractivity contribution < 1.29 is 14.3 Å². The molecule has 3 rings (SSSR count). The smallest absolute Gasteiger partial charge is 0.358 e. The fraction of sp³-hybridized carbons (Fsp3) is 0.389. The van der Waals surface area contributed by atoms with Crippen LogP contribution in [-0.2, 0) is 9.53 Å². The zero-order chi connectivity index (χ0) is 17.8. The molecule has 0 aliphatic heterocycles. The molecule has 1 heterocycles. The number of hydrogen-bond donors (Lipinski definition) is 1. The molecule has 0 bridgehead atoms. The van der Waals surface area contributed by atoms with E-state index in [4.69, 9.17) is 16.3 Å². The second-order valence-electron chi connectivity index (χ2n) is 6.09. The van der Waals surface area contributed by atoms with E-state index in [0.717, 1.165) is 31.2 Å². The van der Waals surface area contributed by atoms with Crippen LogP contribution in [0, 0.1) is 0 Å². The van der Waals surface area contributed by atoms with Crippen LogP contribution >= 0.6 is 22.9 Å². The summed E-state index contributed by atoms with van der Waals surface area (Å²) in [6.45, 7) is 1.58. The van der Waals surface area contributed by atoms with Gasteiger partial charge in [0.25, 0.3) is 5.91 Å². The molecule has 5 nitrogen and oxygen atoms in total. The molecule has 0 spiro atoms. The lowest BCUT2D eigenvalue weighted by Gasteiger charge is -2.16. The lowest BCUT2D eigenvalue weighted by molar-refractivity contribution is -0.129. The summed E-state index contributed by atoms with van der Waals surface area (Å²) in [4.78, 5) is 28.6. The van der Waals surface area contributed by atoms with Crippen molar-refractivity contribution in [3.63, 3.8) is 0 Å². The highest BCUT2D eigenvalue weighted by molar-refractivity contribution is 7.13. The Morgan fingerprint density at radius 3 is 2.84 bits per heavy atom. The lowest BCUT2D eigenvalue weighted by atomic mass is 10.2. The maximum absolute atomic E-state index is 12.2. The van der Waals surface area contributed by atoms with Gasteiger partial charge in [0.1, 0.15) is 5.01 Å². The van der Waals surface area contributed by atoms with Gasteiger partial charge >= 0.3 is 5.97 Å². The van der Waals surface area contributed by atoms with E-state index in [1.807, 2.05) is 12.1 Å². The Morgan fingerprint density at radius 2 is 2.12 bits per heavy atom. The van der Waals surface area contributed by atoms with Crippen molar-refractivity contribution in [1.82, 2.24) is 10.3 Å². The predicted octanol–water partition coefficient (Wildman–Crippen LogP) is 4.07. The van der Waals surface area contributed by atoms with E-state index in [1.165, 1.54) is 11.3 Å². The summed E-state index contributed by atoms with van der Waals surface area (Å²) in [5, 5.41) is 5.83. The summed E-state index contributed by atoms with van der Waals surface area (Å²) in [6, 6.07) is 7.46. The molecule has 1 aromatic heterocycles. The highest BCUT2D eigenvalue weighted by Crippen LogP contribution is 2.26. The summed E-state index contributed by atoms with van der Waals surface area (Å²) >= 11 is 7.31. The molecule has 1 N–H and O–H groups in total. The molecule has 1 saturated carbocycles. The van der Waals surface area contributed by atoms with Gasteiger partial charge in [0.05, 0.1) is 0 Å². The number of nitrogens with zero attached hydrogens (tertiary/aromatic N) is 1. The fourth-order valence-electron chi connectivity index (χ4n) is 2.78. The van der Waals surface area contributed by atoms with Crippen molar-refractivity contribution in [3.05, 3.63) is 40.4 Å². The van der Waals surface area contributed by atoms with Crippen molar-refractivity contribution in [2.75, 3.05) is 0 Å². The Labute approximate surface area is 155 Å². The Kier molecular flexibility index (Phi) is 5.71. The van der Waals surface area contributed by atoms with Crippen LogP contribution in [0.25, 0.3) is 10.6 Å². The maximum Gasteiger partial charge on any atom is 0.358 e. The molecule has 2 aromatic rings. The maximum atomic E-state index is 12.2. The van der Waals surface area contributed by atoms with Gasteiger partial charge in [0.2, 0.25) is 0 Å². The molecule has 7 heteroatoms. The molecule has 1 fully saturated rings. The van der Waals surface area contributed by atoms with E-state index in [9.17, 15) is 9.59 Å². The van der Waals surface area contributed by atoms with Crippen LogP contribution in [0.1, 0.15) is 43.1 Å². The van der Waals surface area contributed by atoms with Gasteiger partial charge in [0, 0.05) is 22.0 Å². The highest BCUT2D eigenvalue weighted by Gasteiger charge is 2.24. The second kappa shape index (κ2) is 7.97. The van der Waals surface area contributed by atoms with Gasteiger partial charge in [-0.1, -0.05) is 36.6 Å². The van der Waals surface area contributed by atoms with Gasteiger partial charge in [-0.2, -0.15) is 0 Å². The molecule has 1 aliphatic carbocycles. The summed E-state index contributed by atoms with van der Waals surface area (Å²) < 4.78 is 5.25. The van der Waals surface area contributed by atoms with Crippen molar-refractivity contribution in [2.45, 2.75) is 44.8 Å². The molecule has 0 unspecified atom stereocenters. The van der Waals surface area contributed by atoms with E-state index in [1.54, 1.807) is 24.4 Å². The Bertz CT molecular complexity index is 771. The number of esters is 1. The molecule has 0 saturated heterocycles. The minimum Gasteiger partial charge on any atom is -0.448 e. The molecule has 0 radical (unpaired) electrons. The van der Waals surface area contributed by atoms with Crippen molar-refractivity contribution in [2.24, 2.45) is 0 Å². The number of carbonyl (C=O) groups is 2. The minimum atomic E-state index is -0.843. The summed E-state index contributed by atoms with van der Waals surface area (Å²) in [6.07, 6.45) is 3.39. The van der Waals surface area contributed by atoms with E-state index in [-0.39, 0.29) is 17.6 Å². The molecule has 1 aromatic carbocycles. The normalized spacial score (nSPS) is 15.8. The van der Waals surface area contributed by atoms with E-state index >= 15 is 0 Å². The third kappa shape index (κ3) is 4.58. The Hall–Kier alpha value is -1.92. The van der Waals surface area contributed by atoms with Gasteiger partial charge in [-0.3, -0.25) is 4.79 Å². The Morgan fingerprint density at radius 1 is 1.36 bits per heavy atom. The number of halogens is 1. The second-order valence-corrected chi connectivity index (χ2v) is 7.38. The summed E-state index contributed by atoms with van der Waals surface area (Å²) in [5.41, 5.74) is 1.03. The minimum absolute atomic E-state index is 0.195. The number of ether oxygens (including phenoxy) is 1. The third-order valence-corrected chi connectivity index (χ3v) is 5.27. The average molecular weight is 379 g/mol. The molecule has 1 atom stereocenters. The molecule has 132 valence electrons. The average Bonchev–Trinajstić information content (AvgIpc) is 3.26. The van der Waals surface area contributed by atoms with Crippen LogP contribution in [0.15, 0.2) is 29.6 Å². The SMILES string of the molecule is C[C@@H](OC(=O)c1csc(-c2cccc(Cl)c2)n1)C(=O)NC1CCCC1. The number of amides is 1. The first-order valence-corrected chi connectivity index (χ1v) is 9.51. The molecular weight excluding hydrogens is 360 g/mol. The van der Waals surface area contributed by atoms with Crippen LogP contribution in [0.3, 0.4) is 0 Å². The molecule has 1 amide bonds. The van der Waals surface area contributed by atoms with Crippen LogP contribution < -0.4 is 5.32 Å². The third-order valence-electron chi connectivity index (χ3n) is 4.14. The summed E-state index contributed by atoms with van der Waals surface area (Å²) in [5.74, 6) is -0.857. The zero-order valence-electron chi connectivity index (χ0n) is 13.8. The molecule has 1 aliphatic rings. The van der Waals surface area contributed by atoms with Crippen LogP contribution in [0.4, 0.5) is 0 Å². The molecule has 25 heavy (non-hydrogen) atoms. The molecular formula is C18H19ClN2O3S. The first-order chi connectivity index (χ1) is 12.0. The van der Waals surface area contributed by atoms with E-state index in [2.05, 4.69) is 10.3 Å². The van der Waals surface area contributed by atoms with Crippen LogP contribution in [0.5, 0.6) is 0 Å². The van der Waals surface area contributed by atoms with Crippen LogP contribution in [0.2, 0.25) is 5.02 Å². The van der Waals surface area contributed by atoms with Gasteiger partial charge in [0.15, 0.2) is 11.8 Å². The topological polar surface area (TPSA) is 68.3 Å². The van der Waals surface area contributed by atoms with Gasteiger partial charge in [-0.25, -0.2) is 9.78 Å². The largest absolute Gasteiger partial charge is 0.448 e. The van der Waals surface area contributed by atoms with E-state index in [0.29, 0.717) is 10.0 Å². The highest BCUT2D eigenvalue weighted by atomic mass is 35.5. The number of hydrogen-bond acceptors (Lipinski definition) is 5. The standard InChI is InChI=1S/C18H19ClN2O3S/c1-11(16(22)20-14-7-2-3-8-14)24-18(23)15-10-25-17(21-15)12-5-4-6-13(19)9-12/h4-6,9-11,14H,2-3,7-8H2,1H3,(H,20,22)/t11-/m1/s1. The lowest BCUT2D eigenvalue weighted by Crippen LogP contribution is -2.40. The van der Waals surface area contributed by atoms with Gasteiger partial charge < -0.3 is 10.1 Å². The van der Waals surface area contributed by atoms with Crippen molar-refractivity contribution >= 4 is 34.8 Å². The number of rotatable bonds is 5. The van der Waals surface area contributed by atoms with Gasteiger partial charge in [-0.15, -0.1) is 11.3 Å². The first-order valence-electron chi connectivity index (χ1n) is 8.26. The number of thiazole rings is 1. The Balaban J connectivity index is 1.60. The summed E-state index contributed by atoms with van der Waals surface area (Å²) in [7, 11) is 0. The number of benzene rings is 1. The quantitative estimate of drug-likeness (QED) is 0.796. The number of nitrogens with one attached hydrogen (secondary N) is 1. The zero-order valence-corrected chi connectivity index (χ0v) is 15.4.